The number of carbonyl (C=O) groups is 3. The zero-order valence-electron chi connectivity index (χ0n) is 13.8. The minimum Gasteiger partial charge on any atom is -0.469 e. The first-order valence-corrected chi connectivity index (χ1v) is 8.25. The van der Waals surface area contributed by atoms with E-state index in [4.69, 9.17) is 9.15 Å². The van der Waals surface area contributed by atoms with Gasteiger partial charge in [0.1, 0.15) is 5.76 Å². The van der Waals surface area contributed by atoms with E-state index in [1.54, 1.807) is 47.6 Å². The first-order valence-electron chi connectivity index (χ1n) is 8.25. The third-order valence-electron chi connectivity index (χ3n) is 4.09. The molecule has 2 heterocycles. The highest BCUT2D eigenvalue weighted by Crippen LogP contribution is 2.21. The third kappa shape index (κ3) is 4.35. The molecule has 130 valence electrons. The van der Waals surface area contributed by atoms with Crippen LogP contribution in [0.15, 0.2) is 47.1 Å². The van der Waals surface area contributed by atoms with E-state index in [1.807, 2.05) is 0 Å². The van der Waals surface area contributed by atoms with Crippen molar-refractivity contribution in [1.29, 1.82) is 0 Å². The Kier molecular flexibility index (Phi) is 5.28. The van der Waals surface area contributed by atoms with Gasteiger partial charge in [-0.3, -0.25) is 14.4 Å². The van der Waals surface area contributed by atoms with Crippen molar-refractivity contribution in [2.45, 2.75) is 25.7 Å². The average molecular weight is 341 g/mol. The Bertz CT molecular complexity index is 749. The molecular formula is C19H19NO5. The number of esters is 1. The second kappa shape index (κ2) is 7.79. The molecule has 6 heteroatoms. The van der Waals surface area contributed by atoms with E-state index in [1.165, 1.54) is 0 Å². The normalized spacial score (nSPS) is 13.9. The van der Waals surface area contributed by atoms with Crippen LogP contribution in [0.25, 0.3) is 0 Å². The third-order valence-corrected chi connectivity index (χ3v) is 4.09. The van der Waals surface area contributed by atoms with Gasteiger partial charge in [0.2, 0.25) is 5.91 Å². The lowest BCUT2D eigenvalue weighted by atomic mass is 10.1. The Morgan fingerprint density at radius 1 is 1.16 bits per heavy atom. The summed E-state index contributed by atoms with van der Waals surface area (Å²) in [4.78, 5) is 37.2. The van der Waals surface area contributed by atoms with E-state index in [9.17, 15) is 14.4 Å². The molecule has 1 aromatic carbocycles. The summed E-state index contributed by atoms with van der Waals surface area (Å²) in [5.74, 6) is 0.0922. The Labute approximate surface area is 145 Å². The highest BCUT2D eigenvalue weighted by atomic mass is 16.5. The SMILES string of the molecule is O=C(CCc1ccco1)OCC(=O)c1ccc(N2CCCC2=O)cc1. The smallest absolute Gasteiger partial charge is 0.306 e. The molecule has 2 aromatic rings. The van der Waals surface area contributed by atoms with Crippen molar-refractivity contribution in [2.75, 3.05) is 18.1 Å². The van der Waals surface area contributed by atoms with Gasteiger partial charge in [0.25, 0.3) is 0 Å². The van der Waals surface area contributed by atoms with Crippen molar-refractivity contribution >= 4 is 23.3 Å². The topological polar surface area (TPSA) is 76.8 Å². The first kappa shape index (κ1) is 17.0. The molecular weight excluding hydrogens is 322 g/mol. The van der Waals surface area contributed by atoms with Crippen LogP contribution in [-0.2, 0) is 20.7 Å². The minimum absolute atomic E-state index is 0.101. The monoisotopic (exact) mass is 341 g/mol. The predicted octanol–water partition coefficient (Wildman–Crippen LogP) is 2.77. The molecule has 1 fully saturated rings. The number of nitrogens with zero attached hydrogens (tertiary/aromatic N) is 1. The van der Waals surface area contributed by atoms with Crippen LogP contribution in [0, 0.1) is 0 Å². The second-order valence-electron chi connectivity index (χ2n) is 5.86. The molecule has 0 radical (unpaired) electrons. The van der Waals surface area contributed by atoms with Crippen molar-refractivity contribution < 1.29 is 23.5 Å². The number of ketones is 1. The molecule has 0 bridgehead atoms. The largest absolute Gasteiger partial charge is 0.469 e. The fourth-order valence-electron chi connectivity index (χ4n) is 2.73. The average Bonchev–Trinajstić information content (AvgIpc) is 3.29. The summed E-state index contributed by atoms with van der Waals surface area (Å²) >= 11 is 0. The Hall–Kier alpha value is -2.89. The van der Waals surface area contributed by atoms with Gasteiger partial charge in [-0.15, -0.1) is 0 Å². The molecule has 0 saturated carbocycles. The zero-order chi connectivity index (χ0) is 17.6. The van der Waals surface area contributed by atoms with Crippen LogP contribution >= 0.6 is 0 Å². The summed E-state index contributed by atoms with van der Waals surface area (Å²) in [6.45, 7) is 0.415. The number of amides is 1. The second-order valence-corrected chi connectivity index (χ2v) is 5.86. The van der Waals surface area contributed by atoms with Crippen LogP contribution in [0.2, 0.25) is 0 Å². The van der Waals surface area contributed by atoms with E-state index in [2.05, 4.69) is 0 Å². The van der Waals surface area contributed by atoms with Crippen LogP contribution in [-0.4, -0.2) is 30.8 Å². The first-order chi connectivity index (χ1) is 12.1. The molecule has 0 spiro atoms. The number of furan rings is 1. The minimum atomic E-state index is -0.441. The van der Waals surface area contributed by atoms with Gasteiger partial charge in [-0.2, -0.15) is 0 Å². The number of anilines is 1. The maximum atomic E-state index is 12.1. The van der Waals surface area contributed by atoms with Crippen LogP contribution in [0.1, 0.15) is 35.4 Å². The molecule has 25 heavy (non-hydrogen) atoms. The summed E-state index contributed by atoms with van der Waals surface area (Å²) in [5, 5.41) is 0. The number of ether oxygens (including phenoxy) is 1. The van der Waals surface area contributed by atoms with Crippen molar-refractivity contribution in [2.24, 2.45) is 0 Å². The summed E-state index contributed by atoms with van der Waals surface area (Å²) in [5.41, 5.74) is 1.24. The van der Waals surface area contributed by atoms with Gasteiger partial charge in [0, 0.05) is 30.6 Å². The lowest BCUT2D eigenvalue weighted by Gasteiger charge is -2.15. The molecule has 1 amide bonds. The number of rotatable bonds is 7. The summed E-state index contributed by atoms with van der Waals surface area (Å²) in [7, 11) is 0. The molecule has 0 N–H and O–H groups in total. The number of aryl methyl sites for hydroxylation is 1. The van der Waals surface area contributed by atoms with Crippen LogP contribution in [0.5, 0.6) is 0 Å². The number of hydrogen-bond acceptors (Lipinski definition) is 5. The number of Topliss-reactive ketones (excluding diaryl/α,β-unsaturated/α-hetero) is 1. The highest BCUT2D eigenvalue weighted by Gasteiger charge is 2.21. The zero-order valence-corrected chi connectivity index (χ0v) is 13.8. The fourth-order valence-corrected chi connectivity index (χ4v) is 2.73. The van der Waals surface area contributed by atoms with Gasteiger partial charge < -0.3 is 14.1 Å². The number of benzene rings is 1. The van der Waals surface area contributed by atoms with Gasteiger partial charge >= 0.3 is 5.97 Å². The van der Waals surface area contributed by atoms with E-state index < -0.39 is 5.97 Å². The van der Waals surface area contributed by atoms with E-state index in [0.29, 0.717) is 30.7 Å². The lowest BCUT2D eigenvalue weighted by Crippen LogP contribution is -2.23. The summed E-state index contributed by atoms with van der Waals surface area (Å²) < 4.78 is 10.1. The van der Waals surface area contributed by atoms with Crippen molar-refractivity contribution in [3.8, 4) is 0 Å². The molecule has 3 rings (SSSR count). The lowest BCUT2D eigenvalue weighted by molar-refractivity contribution is -0.142. The highest BCUT2D eigenvalue weighted by molar-refractivity contribution is 5.99. The van der Waals surface area contributed by atoms with E-state index in [0.717, 1.165) is 12.1 Å². The van der Waals surface area contributed by atoms with Gasteiger partial charge in [0.05, 0.1) is 12.7 Å². The Balaban J connectivity index is 1.47. The van der Waals surface area contributed by atoms with Crippen LogP contribution < -0.4 is 4.90 Å². The number of carbonyl (C=O) groups excluding carboxylic acids is 3. The fraction of sp³-hybridized carbons (Fsp3) is 0.316. The molecule has 6 nitrogen and oxygen atoms in total. The van der Waals surface area contributed by atoms with Crippen LogP contribution in [0.3, 0.4) is 0 Å². The Morgan fingerprint density at radius 2 is 1.96 bits per heavy atom. The van der Waals surface area contributed by atoms with E-state index >= 15 is 0 Å². The van der Waals surface area contributed by atoms with E-state index in [-0.39, 0.29) is 24.7 Å². The summed E-state index contributed by atoms with van der Waals surface area (Å²) in [6, 6.07) is 10.3. The van der Waals surface area contributed by atoms with Gasteiger partial charge in [-0.25, -0.2) is 0 Å². The van der Waals surface area contributed by atoms with Gasteiger partial charge in [-0.05, 0) is 42.8 Å². The predicted molar refractivity (Wildman–Crippen MR) is 90.3 cm³/mol. The quantitative estimate of drug-likeness (QED) is 0.572. The molecule has 0 atom stereocenters. The molecule has 1 saturated heterocycles. The Morgan fingerprint density at radius 3 is 2.60 bits per heavy atom. The maximum absolute atomic E-state index is 12.1. The van der Waals surface area contributed by atoms with Crippen LogP contribution in [0.4, 0.5) is 5.69 Å². The van der Waals surface area contributed by atoms with Gasteiger partial charge in [0.15, 0.2) is 12.4 Å². The molecule has 1 aliphatic rings. The van der Waals surface area contributed by atoms with Gasteiger partial charge in [-0.1, -0.05) is 0 Å². The molecule has 0 aliphatic carbocycles. The standard InChI is InChI=1S/C19H19NO5/c21-17(13-25-19(23)10-9-16-3-2-12-24-16)14-5-7-15(8-6-14)20-11-1-4-18(20)22/h2-3,5-8,12H,1,4,9-11,13H2. The molecule has 1 aromatic heterocycles. The van der Waals surface area contributed by atoms with Crippen molar-refractivity contribution in [3.05, 3.63) is 54.0 Å². The van der Waals surface area contributed by atoms with Crippen molar-refractivity contribution in [1.82, 2.24) is 0 Å². The summed E-state index contributed by atoms with van der Waals surface area (Å²) in [6.07, 6.45) is 3.57. The van der Waals surface area contributed by atoms with Crippen molar-refractivity contribution in [3.63, 3.8) is 0 Å². The number of hydrogen-bond donors (Lipinski definition) is 0. The molecule has 1 aliphatic heterocycles. The molecule has 0 unspecified atom stereocenters. The maximum Gasteiger partial charge on any atom is 0.306 e.